The Morgan fingerprint density at radius 2 is 2.37 bits per heavy atom. The van der Waals surface area contributed by atoms with E-state index in [-0.39, 0.29) is 36.8 Å². The quantitative estimate of drug-likeness (QED) is 0.852. The third-order valence-corrected chi connectivity index (χ3v) is 3.36. The first kappa shape index (κ1) is 13.6. The first-order chi connectivity index (χ1) is 9.13. The van der Waals surface area contributed by atoms with Crippen LogP contribution in [0.25, 0.3) is 0 Å². The van der Waals surface area contributed by atoms with E-state index >= 15 is 0 Å². The van der Waals surface area contributed by atoms with Crippen LogP contribution in [0.4, 0.5) is 0 Å². The largest absolute Gasteiger partial charge is 0.459 e. The van der Waals surface area contributed by atoms with Gasteiger partial charge in [-0.05, 0) is 25.0 Å². The molecule has 2 heterocycles. The summed E-state index contributed by atoms with van der Waals surface area (Å²) in [7, 11) is 1.56. The minimum absolute atomic E-state index is 0.00394. The van der Waals surface area contributed by atoms with E-state index in [1.807, 2.05) is 0 Å². The molecule has 2 rings (SSSR count). The van der Waals surface area contributed by atoms with E-state index in [1.54, 1.807) is 24.1 Å². The highest BCUT2D eigenvalue weighted by Gasteiger charge is 2.29. The van der Waals surface area contributed by atoms with Crippen molar-refractivity contribution in [3.05, 3.63) is 24.2 Å². The normalized spacial score (nSPS) is 18.6. The summed E-state index contributed by atoms with van der Waals surface area (Å²) in [6, 6.07) is 3.08. The predicted molar refractivity (Wildman–Crippen MR) is 67.5 cm³/mol. The zero-order valence-electron chi connectivity index (χ0n) is 10.9. The summed E-state index contributed by atoms with van der Waals surface area (Å²) in [4.78, 5) is 27.0. The molecular weight excluding hydrogens is 248 g/mol. The lowest BCUT2D eigenvalue weighted by Gasteiger charge is -2.25. The molecular formula is C13H18N2O4. The van der Waals surface area contributed by atoms with Crippen molar-refractivity contribution in [2.45, 2.75) is 18.9 Å². The molecule has 6 heteroatoms. The Labute approximate surface area is 111 Å². The molecule has 1 aliphatic heterocycles. The van der Waals surface area contributed by atoms with Gasteiger partial charge < -0.3 is 19.3 Å². The maximum absolute atomic E-state index is 12.1. The van der Waals surface area contributed by atoms with E-state index in [2.05, 4.69) is 0 Å². The topological polar surface area (TPSA) is 74.0 Å². The maximum atomic E-state index is 12.1. The van der Waals surface area contributed by atoms with E-state index in [4.69, 9.17) is 4.42 Å². The molecule has 1 aromatic rings. The highest BCUT2D eigenvalue weighted by Crippen LogP contribution is 2.17. The Bertz CT molecular complexity index is 444. The number of nitrogens with zero attached hydrogens (tertiary/aromatic N) is 2. The molecule has 0 spiro atoms. The Balaban J connectivity index is 1.93. The van der Waals surface area contributed by atoms with Crippen LogP contribution < -0.4 is 0 Å². The molecule has 0 aromatic carbocycles. The van der Waals surface area contributed by atoms with Crippen molar-refractivity contribution in [3.8, 4) is 0 Å². The number of furan rings is 1. The highest BCUT2D eigenvalue weighted by molar-refractivity contribution is 5.94. The molecule has 1 aliphatic rings. The second-order valence-electron chi connectivity index (χ2n) is 4.70. The van der Waals surface area contributed by atoms with Gasteiger partial charge in [-0.1, -0.05) is 0 Å². The van der Waals surface area contributed by atoms with Crippen LogP contribution >= 0.6 is 0 Å². The molecule has 0 bridgehead atoms. The van der Waals surface area contributed by atoms with Crippen LogP contribution in [0, 0.1) is 0 Å². The van der Waals surface area contributed by atoms with Crippen molar-refractivity contribution in [2.75, 3.05) is 26.7 Å². The number of carbonyl (C=O) groups is 2. The van der Waals surface area contributed by atoms with Gasteiger partial charge in [0.15, 0.2) is 5.76 Å². The van der Waals surface area contributed by atoms with Gasteiger partial charge in [0.1, 0.15) is 0 Å². The predicted octanol–water partition coefficient (Wildman–Crippen LogP) is 0.335. The molecule has 0 aliphatic carbocycles. The van der Waals surface area contributed by atoms with Gasteiger partial charge in [0, 0.05) is 13.6 Å². The number of aliphatic hydroxyl groups excluding tert-OH is 1. The van der Waals surface area contributed by atoms with Crippen molar-refractivity contribution < 1.29 is 19.1 Å². The zero-order chi connectivity index (χ0) is 13.8. The molecule has 1 N–H and O–H groups in total. The lowest BCUT2D eigenvalue weighted by molar-refractivity contribution is -0.133. The van der Waals surface area contributed by atoms with Crippen LogP contribution in [-0.2, 0) is 4.79 Å². The summed E-state index contributed by atoms with van der Waals surface area (Å²) >= 11 is 0. The fourth-order valence-corrected chi connectivity index (χ4v) is 2.31. The number of likely N-dealkylation sites (N-methyl/N-ethyl adjacent to an activating group) is 1. The summed E-state index contributed by atoms with van der Waals surface area (Å²) in [5.74, 6) is -0.243. The number of likely N-dealkylation sites (tertiary alicyclic amines) is 1. The van der Waals surface area contributed by atoms with Crippen molar-refractivity contribution in [1.29, 1.82) is 0 Å². The lowest BCUT2D eigenvalue weighted by Crippen LogP contribution is -2.44. The molecule has 0 saturated carbocycles. The van der Waals surface area contributed by atoms with E-state index in [0.29, 0.717) is 6.54 Å². The summed E-state index contributed by atoms with van der Waals surface area (Å²) in [6.45, 7) is 0.616. The summed E-state index contributed by atoms with van der Waals surface area (Å²) in [5, 5.41) is 9.19. The smallest absolute Gasteiger partial charge is 0.289 e. The van der Waals surface area contributed by atoms with Gasteiger partial charge in [0.2, 0.25) is 5.91 Å². The second-order valence-corrected chi connectivity index (χ2v) is 4.70. The number of aliphatic hydroxyl groups is 1. The van der Waals surface area contributed by atoms with E-state index < -0.39 is 0 Å². The average Bonchev–Trinajstić information content (AvgIpc) is 3.08. The number of rotatable bonds is 4. The number of hydrogen-bond acceptors (Lipinski definition) is 4. The SMILES string of the molecule is CN(CC(=O)N1CCC[C@@H]1CO)C(=O)c1ccco1. The van der Waals surface area contributed by atoms with E-state index in [0.717, 1.165) is 12.8 Å². The van der Waals surface area contributed by atoms with Crippen LogP contribution in [0.5, 0.6) is 0 Å². The van der Waals surface area contributed by atoms with Crippen molar-refractivity contribution >= 4 is 11.8 Å². The van der Waals surface area contributed by atoms with Gasteiger partial charge in [-0.25, -0.2) is 0 Å². The number of amides is 2. The van der Waals surface area contributed by atoms with Crippen molar-refractivity contribution in [1.82, 2.24) is 9.80 Å². The van der Waals surface area contributed by atoms with Crippen LogP contribution in [0.2, 0.25) is 0 Å². The van der Waals surface area contributed by atoms with Crippen LogP contribution in [0.3, 0.4) is 0 Å². The van der Waals surface area contributed by atoms with Crippen molar-refractivity contribution in [2.24, 2.45) is 0 Å². The molecule has 0 unspecified atom stereocenters. The average molecular weight is 266 g/mol. The van der Waals surface area contributed by atoms with E-state index in [9.17, 15) is 14.7 Å². The summed E-state index contributed by atoms with van der Waals surface area (Å²) < 4.78 is 5.01. The number of carbonyl (C=O) groups excluding carboxylic acids is 2. The lowest BCUT2D eigenvalue weighted by atomic mass is 10.2. The molecule has 1 aromatic heterocycles. The first-order valence-corrected chi connectivity index (χ1v) is 6.32. The molecule has 0 radical (unpaired) electrons. The first-order valence-electron chi connectivity index (χ1n) is 6.32. The van der Waals surface area contributed by atoms with Gasteiger partial charge in [-0.2, -0.15) is 0 Å². The van der Waals surface area contributed by atoms with Gasteiger partial charge >= 0.3 is 0 Å². The molecule has 2 amide bonds. The molecule has 1 saturated heterocycles. The van der Waals surface area contributed by atoms with Crippen molar-refractivity contribution in [3.63, 3.8) is 0 Å². The van der Waals surface area contributed by atoms with Gasteiger partial charge in [0.25, 0.3) is 5.91 Å². The zero-order valence-corrected chi connectivity index (χ0v) is 10.9. The Hall–Kier alpha value is -1.82. The summed E-state index contributed by atoms with van der Waals surface area (Å²) in [6.07, 6.45) is 3.13. The highest BCUT2D eigenvalue weighted by atomic mass is 16.3. The third kappa shape index (κ3) is 2.96. The minimum atomic E-state index is -0.321. The molecule has 6 nitrogen and oxygen atoms in total. The molecule has 1 fully saturated rings. The van der Waals surface area contributed by atoms with E-state index in [1.165, 1.54) is 11.2 Å². The fraction of sp³-hybridized carbons (Fsp3) is 0.538. The molecule has 104 valence electrons. The van der Waals surface area contributed by atoms with Crippen LogP contribution in [0.15, 0.2) is 22.8 Å². The standard InChI is InChI=1S/C13H18N2O4/c1-14(13(18)11-5-3-7-19-11)8-12(17)15-6-2-4-10(15)9-16/h3,5,7,10,16H,2,4,6,8-9H2,1H3/t10-/m1/s1. The Morgan fingerprint density at radius 1 is 1.58 bits per heavy atom. The van der Waals surface area contributed by atoms with Crippen LogP contribution in [-0.4, -0.2) is 59.5 Å². The van der Waals surface area contributed by atoms with Gasteiger partial charge in [0.05, 0.1) is 25.5 Å². The monoisotopic (exact) mass is 266 g/mol. The Kier molecular flexibility index (Phi) is 4.21. The third-order valence-electron chi connectivity index (χ3n) is 3.36. The maximum Gasteiger partial charge on any atom is 0.289 e. The Morgan fingerprint density at radius 3 is 3.00 bits per heavy atom. The minimum Gasteiger partial charge on any atom is -0.459 e. The summed E-state index contributed by atoms with van der Waals surface area (Å²) in [5.41, 5.74) is 0. The van der Waals surface area contributed by atoms with Gasteiger partial charge in [-0.3, -0.25) is 9.59 Å². The molecule has 19 heavy (non-hydrogen) atoms. The van der Waals surface area contributed by atoms with Gasteiger partial charge in [-0.15, -0.1) is 0 Å². The molecule has 1 atom stereocenters. The second kappa shape index (κ2) is 5.88. The fourth-order valence-electron chi connectivity index (χ4n) is 2.31. The van der Waals surface area contributed by atoms with Crippen LogP contribution in [0.1, 0.15) is 23.4 Å². The number of hydrogen-bond donors (Lipinski definition) is 1.